The third kappa shape index (κ3) is 4.64. The lowest BCUT2D eigenvalue weighted by Crippen LogP contribution is -2.29. The molecule has 2 amide bonds. The van der Waals surface area contributed by atoms with Crippen LogP contribution in [0.5, 0.6) is 0 Å². The summed E-state index contributed by atoms with van der Waals surface area (Å²) >= 11 is 1.43. The number of pyridine rings is 1. The molecule has 1 aromatic carbocycles. The minimum atomic E-state index is -0.133. The number of rotatable bonds is 6. The summed E-state index contributed by atoms with van der Waals surface area (Å²) in [7, 11) is 0. The number of nitrogens with one attached hydrogen (secondary N) is 1. The summed E-state index contributed by atoms with van der Waals surface area (Å²) in [4.78, 5) is 31.7. The number of hydrogen-bond acceptors (Lipinski definition) is 4. The first-order chi connectivity index (χ1) is 12.6. The summed E-state index contributed by atoms with van der Waals surface area (Å²) in [5.74, 6) is 0.378. The largest absolute Gasteiger partial charge is 0.345 e. The van der Waals surface area contributed by atoms with Crippen LogP contribution in [0.4, 0.5) is 0 Å². The average molecular weight is 369 g/mol. The third-order valence-electron chi connectivity index (χ3n) is 4.50. The Bertz CT molecular complexity index is 761. The fourth-order valence-electron chi connectivity index (χ4n) is 2.99. The van der Waals surface area contributed by atoms with Crippen LogP contribution in [0.1, 0.15) is 41.7 Å². The standard InChI is InChI=1S/C20H23N3O2S/c1-15(16-8-10-21-11-9-16)22-20(25)17-6-2-3-7-18(17)26-14-19(24)23-12-4-5-13-23/h2-3,6-11,15H,4-5,12-14H2,1H3,(H,22,25). The minimum absolute atomic E-state index is 0.116. The van der Waals surface area contributed by atoms with Crippen LogP contribution in [0.2, 0.25) is 0 Å². The minimum Gasteiger partial charge on any atom is -0.345 e. The van der Waals surface area contributed by atoms with E-state index in [4.69, 9.17) is 0 Å². The number of carbonyl (C=O) groups is 2. The summed E-state index contributed by atoms with van der Waals surface area (Å²) in [6.07, 6.45) is 5.60. The Labute approximate surface area is 158 Å². The van der Waals surface area contributed by atoms with Crippen molar-refractivity contribution in [1.82, 2.24) is 15.2 Å². The number of thioether (sulfide) groups is 1. The van der Waals surface area contributed by atoms with Gasteiger partial charge in [-0.1, -0.05) is 12.1 Å². The zero-order valence-corrected chi connectivity index (χ0v) is 15.7. The van der Waals surface area contributed by atoms with Gasteiger partial charge < -0.3 is 10.2 Å². The summed E-state index contributed by atoms with van der Waals surface area (Å²) in [6.45, 7) is 3.65. The van der Waals surface area contributed by atoms with Crippen LogP contribution in [0.15, 0.2) is 53.7 Å². The van der Waals surface area contributed by atoms with E-state index in [9.17, 15) is 9.59 Å². The van der Waals surface area contributed by atoms with Gasteiger partial charge >= 0.3 is 0 Å². The van der Waals surface area contributed by atoms with Crippen molar-refractivity contribution in [2.75, 3.05) is 18.8 Å². The van der Waals surface area contributed by atoms with Crippen molar-refractivity contribution < 1.29 is 9.59 Å². The summed E-state index contributed by atoms with van der Waals surface area (Å²) in [6, 6.07) is 11.1. The molecule has 0 radical (unpaired) electrons. The van der Waals surface area contributed by atoms with Crippen molar-refractivity contribution in [1.29, 1.82) is 0 Å². The van der Waals surface area contributed by atoms with E-state index in [1.807, 2.05) is 42.2 Å². The van der Waals surface area contributed by atoms with E-state index in [2.05, 4.69) is 10.3 Å². The molecule has 1 atom stereocenters. The maximum Gasteiger partial charge on any atom is 0.252 e. The number of benzene rings is 1. The Hall–Kier alpha value is -2.34. The van der Waals surface area contributed by atoms with Crippen LogP contribution < -0.4 is 5.32 Å². The second kappa shape index (κ2) is 8.85. The Morgan fingerprint density at radius 3 is 2.58 bits per heavy atom. The van der Waals surface area contributed by atoms with Gasteiger partial charge in [0, 0.05) is 30.4 Å². The van der Waals surface area contributed by atoms with Gasteiger partial charge in [0.05, 0.1) is 17.4 Å². The molecule has 1 aromatic heterocycles. The van der Waals surface area contributed by atoms with E-state index in [-0.39, 0.29) is 17.9 Å². The van der Waals surface area contributed by atoms with E-state index in [0.717, 1.165) is 36.4 Å². The third-order valence-corrected chi connectivity index (χ3v) is 5.55. The van der Waals surface area contributed by atoms with Crippen molar-refractivity contribution in [2.45, 2.75) is 30.7 Å². The van der Waals surface area contributed by atoms with E-state index in [1.54, 1.807) is 18.5 Å². The van der Waals surface area contributed by atoms with Gasteiger partial charge in [-0.2, -0.15) is 0 Å². The zero-order valence-electron chi connectivity index (χ0n) is 14.9. The molecule has 2 aromatic rings. The molecule has 2 heterocycles. The smallest absolute Gasteiger partial charge is 0.252 e. The second-order valence-electron chi connectivity index (χ2n) is 6.35. The quantitative estimate of drug-likeness (QED) is 0.794. The first-order valence-corrected chi connectivity index (χ1v) is 9.84. The fraction of sp³-hybridized carbons (Fsp3) is 0.350. The van der Waals surface area contributed by atoms with Gasteiger partial charge in [0.1, 0.15) is 0 Å². The van der Waals surface area contributed by atoms with E-state index < -0.39 is 0 Å². The Morgan fingerprint density at radius 2 is 1.85 bits per heavy atom. The molecule has 6 heteroatoms. The van der Waals surface area contributed by atoms with Crippen LogP contribution in [-0.2, 0) is 4.79 Å². The normalized spacial score (nSPS) is 14.9. The Morgan fingerprint density at radius 1 is 1.15 bits per heavy atom. The van der Waals surface area contributed by atoms with Crippen LogP contribution in [-0.4, -0.2) is 40.5 Å². The lowest BCUT2D eigenvalue weighted by atomic mass is 10.1. The zero-order chi connectivity index (χ0) is 18.4. The first-order valence-electron chi connectivity index (χ1n) is 8.85. The number of hydrogen-bond donors (Lipinski definition) is 1. The van der Waals surface area contributed by atoms with E-state index in [0.29, 0.717) is 11.3 Å². The van der Waals surface area contributed by atoms with Gasteiger partial charge in [-0.05, 0) is 49.6 Å². The van der Waals surface area contributed by atoms with Gasteiger partial charge in [-0.15, -0.1) is 11.8 Å². The first kappa shape index (κ1) is 18.5. The molecular formula is C20H23N3O2S. The molecule has 1 saturated heterocycles. The number of carbonyl (C=O) groups excluding carboxylic acids is 2. The van der Waals surface area contributed by atoms with Crippen LogP contribution >= 0.6 is 11.8 Å². The highest BCUT2D eigenvalue weighted by Gasteiger charge is 2.20. The van der Waals surface area contributed by atoms with Gasteiger partial charge in [-0.25, -0.2) is 0 Å². The molecule has 1 unspecified atom stereocenters. The molecular weight excluding hydrogens is 346 g/mol. The van der Waals surface area contributed by atoms with Gasteiger partial charge in [0.25, 0.3) is 5.91 Å². The van der Waals surface area contributed by atoms with Crippen molar-refractivity contribution in [3.05, 3.63) is 59.9 Å². The van der Waals surface area contributed by atoms with E-state index in [1.165, 1.54) is 11.8 Å². The van der Waals surface area contributed by atoms with Gasteiger partial charge in [-0.3, -0.25) is 14.6 Å². The topological polar surface area (TPSA) is 62.3 Å². The summed E-state index contributed by atoms with van der Waals surface area (Å²) in [5, 5.41) is 3.02. The predicted molar refractivity (Wildman–Crippen MR) is 103 cm³/mol. The second-order valence-corrected chi connectivity index (χ2v) is 7.37. The highest BCUT2D eigenvalue weighted by atomic mass is 32.2. The maximum atomic E-state index is 12.7. The van der Waals surface area contributed by atoms with Crippen molar-refractivity contribution in [3.63, 3.8) is 0 Å². The lowest BCUT2D eigenvalue weighted by molar-refractivity contribution is -0.127. The number of nitrogens with zero attached hydrogens (tertiary/aromatic N) is 2. The van der Waals surface area contributed by atoms with E-state index >= 15 is 0 Å². The summed E-state index contributed by atoms with van der Waals surface area (Å²) in [5.41, 5.74) is 1.61. The SMILES string of the molecule is CC(NC(=O)c1ccccc1SCC(=O)N1CCCC1)c1ccncc1. The number of aromatic nitrogens is 1. The maximum absolute atomic E-state index is 12.7. The molecule has 1 N–H and O–H groups in total. The highest BCUT2D eigenvalue weighted by Crippen LogP contribution is 2.24. The molecule has 1 aliphatic rings. The van der Waals surface area contributed by atoms with Crippen molar-refractivity contribution in [2.24, 2.45) is 0 Å². The van der Waals surface area contributed by atoms with Gasteiger partial charge in [0.15, 0.2) is 0 Å². The predicted octanol–water partition coefficient (Wildman–Crippen LogP) is 3.29. The number of likely N-dealkylation sites (tertiary alicyclic amines) is 1. The fourth-order valence-corrected chi connectivity index (χ4v) is 3.94. The van der Waals surface area contributed by atoms with Gasteiger partial charge in [0.2, 0.25) is 5.91 Å². The van der Waals surface area contributed by atoms with Crippen LogP contribution in [0.3, 0.4) is 0 Å². The Kier molecular flexibility index (Phi) is 6.28. The molecule has 26 heavy (non-hydrogen) atoms. The molecule has 1 aliphatic heterocycles. The molecule has 3 rings (SSSR count). The monoisotopic (exact) mass is 369 g/mol. The average Bonchev–Trinajstić information content (AvgIpc) is 3.22. The molecule has 0 spiro atoms. The number of amides is 2. The molecule has 0 bridgehead atoms. The molecule has 1 fully saturated rings. The van der Waals surface area contributed by atoms with Crippen molar-refractivity contribution >= 4 is 23.6 Å². The lowest BCUT2D eigenvalue weighted by Gasteiger charge is -2.17. The summed E-state index contributed by atoms with van der Waals surface area (Å²) < 4.78 is 0. The molecule has 0 aliphatic carbocycles. The molecule has 136 valence electrons. The Balaban J connectivity index is 1.64. The van der Waals surface area contributed by atoms with Crippen LogP contribution in [0, 0.1) is 0 Å². The highest BCUT2D eigenvalue weighted by molar-refractivity contribution is 8.00. The van der Waals surface area contributed by atoms with Crippen LogP contribution in [0.25, 0.3) is 0 Å². The molecule has 0 saturated carbocycles. The molecule has 5 nitrogen and oxygen atoms in total. The van der Waals surface area contributed by atoms with Crippen molar-refractivity contribution in [3.8, 4) is 0 Å².